The van der Waals surface area contributed by atoms with E-state index < -0.39 is 5.91 Å². The molecule has 1 amide bonds. The molecule has 0 fully saturated rings. The molecule has 0 radical (unpaired) electrons. The minimum absolute atomic E-state index is 0.0200. The standard InChI is InChI=1S/C20H21N3O2/c1-14-4-3-5-19(15(14)2)23-13-17(12-21)20(25)22-11-10-16-6-8-18(24)9-7-16/h3-9,13,23-24H,10-11H2,1-2H3,(H,22,25)/b17-13-. The van der Waals surface area contributed by atoms with Crippen LogP contribution in [0.1, 0.15) is 16.7 Å². The van der Waals surface area contributed by atoms with E-state index in [1.54, 1.807) is 24.3 Å². The van der Waals surface area contributed by atoms with Crippen molar-refractivity contribution >= 4 is 11.6 Å². The fourth-order valence-corrected chi connectivity index (χ4v) is 2.28. The van der Waals surface area contributed by atoms with Crippen LogP contribution in [0.5, 0.6) is 5.75 Å². The normalized spacial score (nSPS) is 10.8. The smallest absolute Gasteiger partial charge is 0.263 e. The number of carbonyl (C=O) groups excluding carboxylic acids is 1. The first-order valence-electron chi connectivity index (χ1n) is 8.00. The number of aryl methyl sites for hydroxylation is 1. The van der Waals surface area contributed by atoms with Crippen LogP contribution < -0.4 is 10.6 Å². The van der Waals surface area contributed by atoms with Crippen LogP contribution in [0.15, 0.2) is 54.2 Å². The van der Waals surface area contributed by atoms with Gasteiger partial charge in [-0.3, -0.25) is 4.79 Å². The predicted octanol–water partition coefficient (Wildman–Crippen LogP) is 3.19. The third-order valence-corrected chi connectivity index (χ3v) is 3.98. The lowest BCUT2D eigenvalue weighted by Crippen LogP contribution is -2.27. The highest BCUT2D eigenvalue weighted by atomic mass is 16.3. The van der Waals surface area contributed by atoms with Crippen LogP contribution in [0.25, 0.3) is 0 Å². The molecule has 0 bridgehead atoms. The summed E-state index contributed by atoms with van der Waals surface area (Å²) < 4.78 is 0. The number of carbonyl (C=O) groups is 1. The van der Waals surface area contributed by atoms with Gasteiger partial charge in [-0.2, -0.15) is 5.26 Å². The summed E-state index contributed by atoms with van der Waals surface area (Å²) in [5, 5.41) is 24.2. The first kappa shape index (κ1) is 18.1. The van der Waals surface area contributed by atoms with E-state index in [-0.39, 0.29) is 11.3 Å². The van der Waals surface area contributed by atoms with E-state index in [1.165, 1.54) is 6.20 Å². The average molecular weight is 335 g/mol. The Morgan fingerprint density at radius 3 is 2.60 bits per heavy atom. The van der Waals surface area contributed by atoms with Gasteiger partial charge >= 0.3 is 0 Å². The number of aromatic hydroxyl groups is 1. The largest absolute Gasteiger partial charge is 0.508 e. The molecule has 5 heteroatoms. The van der Waals surface area contributed by atoms with Crippen molar-refractivity contribution in [1.82, 2.24) is 5.32 Å². The number of anilines is 1. The van der Waals surface area contributed by atoms with Crippen molar-refractivity contribution in [2.45, 2.75) is 20.3 Å². The summed E-state index contributed by atoms with van der Waals surface area (Å²) in [6.45, 7) is 4.40. The lowest BCUT2D eigenvalue weighted by Gasteiger charge is -2.09. The molecule has 2 aromatic carbocycles. The highest BCUT2D eigenvalue weighted by Gasteiger charge is 2.08. The maximum Gasteiger partial charge on any atom is 0.263 e. The topological polar surface area (TPSA) is 85.2 Å². The number of benzene rings is 2. The number of nitrogens with one attached hydrogen (secondary N) is 2. The van der Waals surface area contributed by atoms with Crippen molar-refractivity contribution in [3.05, 3.63) is 70.9 Å². The minimum atomic E-state index is -0.418. The van der Waals surface area contributed by atoms with E-state index in [2.05, 4.69) is 10.6 Å². The molecule has 0 aliphatic carbocycles. The number of hydrogen-bond donors (Lipinski definition) is 3. The molecule has 2 rings (SSSR count). The fraction of sp³-hybridized carbons (Fsp3) is 0.200. The maximum absolute atomic E-state index is 12.1. The second kappa shape index (κ2) is 8.55. The number of nitriles is 1. The number of phenols is 1. The minimum Gasteiger partial charge on any atom is -0.508 e. The van der Waals surface area contributed by atoms with Gasteiger partial charge < -0.3 is 15.7 Å². The van der Waals surface area contributed by atoms with Crippen LogP contribution in [0.2, 0.25) is 0 Å². The summed E-state index contributed by atoms with van der Waals surface area (Å²) in [5.41, 5.74) is 4.09. The first-order chi connectivity index (χ1) is 12.0. The van der Waals surface area contributed by atoms with Crippen LogP contribution >= 0.6 is 0 Å². The van der Waals surface area contributed by atoms with Crippen molar-refractivity contribution in [2.24, 2.45) is 0 Å². The van der Waals surface area contributed by atoms with Crippen LogP contribution in [0, 0.1) is 25.2 Å². The predicted molar refractivity (Wildman–Crippen MR) is 98.1 cm³/mol. The molecule has 0 atom stereocenters. The third kappa shape index (κ3) is 5.11. The van der Waals surface area contributed by atoms with Crippen molar-refractivity contribution < 1.29 is 9.90 Å². The Labute approximate surface area is 147 Å². The maximum atomic E-state index is 12.1. The van der Waals surface area contributed by atoms with Gasteiger partial charge in [0.1, 0.15) is 17.4 Å². The molecule has 0 unspecified atom stereocenters. The Morgan fingerprint density at radius 2 is 1.92 bits per heavy atom. The molecule has 0 aliphatic heterocycles. The van der Waals surface area contributed by atoms with Gasteiger partial charge in [0.2, 0.25) is 0 Å². The van der Waals surface area contributed by atoms with Crippen LogP contribution in [-0.2, 0) is 11.2 Å². The van der Waals surface area contributed by atoms with E-state index in [4.69, 9.17) is 0 Å². The number of amides is 1. The molecule has 0 aromatic heterocycles. The summed E-state index contributed by atoms with van der Waals surface area (Å²) in [7, 11) is 0. The van der Waals surface area contributed by atoms with Gasteiger partial charge in [-0.25, -0.2) is 0 Å². The Hall–Kier alpha value is -3.26. The lowest BCUT2D eigenvalue weighted by atomic mass is 10.1. The van der Waals surface area contributed by atoms with Crippen molar-refractivity contribution in [1.29, 1.82) is 5.26 Å². The van der Waals surface area contributed by atoms with Crippen molar-refractivity contribution in [3.8, 4) is 11.8 Å². The zero-order valence-electron chi connectivity index (χ0n) is 14.3. The SMILES string of the molecule is Cc1cccc(N/C=C(/C#N)C(=O)NCCc2ccc(O)cc2)c1C. The number of rotatable bonds is 6. The molecule has 2 aromatic rings. The van der Waals surface area contributed by atoms with E-state index in [0.717, 1.165) is 22.4 Å². The highest BCUT2D eigenvalue weighted by Crippen LogP contribution is 2.18. The zero-order valence-corrected chi connectivity index (χ0v) is 14.3. The quantitative estimate of drug-likeness (QED) is 0.559. The van der Waals surface area contributed by atoms with Gasteiger partial charge in [0.25, 0.3) is 5.91 Å². The molecule has 5 nitrogen and oxygen atoms in total. The molecular formula is C20H21N3O2. The van der Waals surface area contributed by atoms with E-state index in [9.17, 15) is 15.2 Å². The fourth-order valence-electron chi connectivity index (χ4n) is 2.28. The second-order valence-corrected chi connectivity index (χ2v) is 5.73. The van der Waals surface area contributed by atoms with Gasteiger partial charge in [0.05, 0.1) is 0 Å². The lowest BCUT2D eigenvalue weighted by molar-refractivity contribution is -0.117. The second-order valence-electron chi connectivity index (χ2n) is 5.73. The molecular weight excluding hydrogens is 314 g/mol. The summed E-state index contributed by atoms with van der Waals surface area (Å²) in [5.74, 6) is -0.209. The Morgan fingerprint density at radius 1 is 1.20 bits per heavy atom. The van der Waals surface area contributed by atoms with Gasteiger partial charge in [-0.05, 0) is 55.2 Å². The van der Waals surface area contributed by atoms with Crippen LogP contribution in [0.4, 0.5) is 5.69 Å². The van der Waals surface area contributed by atoms with Crippen molar-refractivity contribution in [2.75, 3.05) is 11.9 Å². The summed E-state index contributed by atoms with van der Waals surface area (Å²) in [6.07, 6.45) is 2.05. The van der Waals surface area contributed by atoms with Crippen molar-refractivity contribution in [3.63, 3.8) is 0 Å². The summed E-state index contributed by atoms with van der Waals surface area (Å²) >= 11 is 0. The van der Waals surface area contributed by atoms with Gasteiger partial charge in [0.15, 0.2) is 0 Å². The number of phenolic OH excluding ortho intramolecular Hbond substituents is 1. The molecule has 0 saturated carbocycles. The highest BCUT2D eigenvalue weighted by molar-refractivity contribution is 5.97. The summed E-state index contributed by atoms with van der Waals surface area (Å²) in [4.78, 5) is 12.1. The summed E-state index contributed by atoms with van der Waals surface area (Å²) in [6, 6.07) is 14.5. The number of hydrogen-bond acceptors (Lipinski definition) is 4. The van der Waals surface area contributed by atoms with Crippen LogP contribution in [-0.4, -0.2) is 17.6 Å². The number of nitrogens with zero attached hydrogens (tertiary/aromatic N) is 1. The average Bonchev–Trinajstić information content (AvgIpc) is 2.60. The van der Waals surface area contributed by atoms with E-state index in [0.29, 0.717) is 13.0 Å². The molecule has 3 N–H and O–H groups in total. The molecule has 0 saturated heterocycles. The molecule has 0 heterocycles. The van der Waals surface area contributed by atoms with Gasteiger partial charge in [0, 0.05) is 18.4 Å². The zero-order chi connectivity index (χ0) is 18.2. The molecule has 0 aliphatic rings. The first-order valence-corrected chi connectivity index (χ1v) is 8.00. The molecule has 25 heavy (non-hydrogen) atoms. The Kier molecular flexibility index (Phi) is 6.19. The van der Waals surface area contributed by atoms with Gasteiger partial charge in [-0.1, -0.05) is 24.3 Å². The van der Waals surface area contributed by atoms with Gasteiger partial charge in [-0.15, -0.1) is 0 Å². The Bertz CT molecular complexity index is 818. The van der Waals surface area contributed by atoms with Crippen LogP contribution in [0.3, 0.4) is 0 Å². The Balaban J connectivity index is 1.92. The molecule has 128 valence electrons. The third-order valence-electron chi connectivity index (χ3n) is 3.98. The monoisotopic (exact) mass is 335 g/mol. The molecule has 0 spiro atoms. The van der Waals surface area contributed by atoms with E-state index >= 15 is 0 Å². The van der Waals surface area contributed by atoms with E-state index in [1.807, 2.05) is 38.1 Å².